The molecule has 0 aliphatic carbocycles. The van der Waals surface area contributed by atoms with E-state index in [1.165, 1.54) is 0 Å². The van der Waals surface area contributed by atoms with E-state index in [0.29, 0.717) is 19.6 Å². The summed E-state index contributed by atoms with van der Waals surface area (Å²) >= 11 is 0. The van der Waals surface area contributed by atoms with E-state index in [4.69, 9.17) is 14.3 Å². The Morgan fingerprint density at radius 2 is 2.44 bits per heavy atom. The molecule has 0 saturated carbocycles. The molecule has 2 N–H and O–H groups in total. The van der Waals surface area contributed by atoms with E-state index in [1.807, 2.05) is 19.1 Å². The van der Waals surface area contributed by atoms with Gasteiger partial charge in [0, 0.05) is 19.1 Å². The zero-order chi connectivity index (χ0) is 13.2. The molecule has 18 heavy (non-hydrogen) atoms. The zero-order valence-electron chi connectivity index (χ0n) is 10.7. The first-order valence-corrected chi connectivity index (χ1v) is 6.24. The van der Waals surface area contributed by atoms with Crippen LogP contribution in [0.3, 0.4) is 0 Å². The van der Waals surface area contributed by atoms with Gasteiger partial charge in [0.05, 0.1) is 6.26 Å². The number of carboxylic acids is 1. The second-order valence-electron chi connectivity index (χ2n) is 4.27. The van der Waals surface area contributed by atoms with Gasteiger partial charge in [-0.25, -0.2) is 0 Å². The summed E-state index contributed by atoms with van der Waals surface area (Å²) in [5.41, 5.74) is 0. The third-order valence-corrected chi connectivity index (χ3v) is 2.57. The summed E-state index contributed by atoms with van der Waals surface area (Å²) in [5, 5.41) is 11.8. The number of carbonyl (C=O) groups is 1. The highest BCUT2D eigenvalue weighted by atomic mass is 16.5. The van der Waals surface area contributed by atoms with Crippen molar-refractivity contribution < 1.29 is 19.1 Å². The fraction of sp³-hybridized carbons (Fsp3) is 0.615. The predicted molar refractivity (Wildman–Crippen MR) is 67.3 cm³/mol. The highest BCUT2D eigenvalue weighted by molar-refractivity contribution is 5.66. The molecule has 0 saturated heterocycles. The lowest BCUT2D eigenvalue weighted by atomic mass is 10.2. The van der Waals surface area contributed by atoms with E-state index in [1.54, 1.807) is 6.26 Å². The van der Waals surface area contributed by atoms with Gasteiger partial charge in [0.15, 0.2) is 0 Å². The number of aliphatic carboxylic acids is 1. The fourth-order valence-corrected chi connectivity index (χ4v) is 1.53. The lowest BCUT2D eigenvalue weighted by molar-refractivity contribution is -0.137. The van der Waals surface area contributed by atoms with Gasteiger partial charge in [0.25, 0.3) is 0 Å². The van der Waals surface area contributed by atoms with E-state index in [2.05, 4.69) is 5.32 Å². The third kappa shape index (κ3) is 7.09. The minimum Gasteiger partial charge on any atom is -0.481 e. The van der Waals surface area contributed by atoms with Gasteiger partial charge in [-0.05, 0) is 38.4 Å². The molecule has 1 atom stereocenters. The predicted octanol–water partition coefficient (Wildman–Crippen LogP) is 2.03. The molecule has 0 spiro atoms. The van der Waals surface area contributed by atoms with Crippen molar-refractivity contribution in [3.63, 3.8) is 0 Å². The van der Waals surface area contributed by atoms with Crippen LogP contribution in [0.5, 0.6) is 0 Å². The molecule has 1 aromatic heterocycles. The van der Waals surface area contributed by atoms with Gasteiger partial charge in [-0.15, -0.1) is 0 Å². The van der Waals surface area contributed by atoms with Gasteiger partial charge in [0.2, 0.25) is 0 Å². The molecule has 0 bridgehead atoms. The monoisotopic (exact) mass is 255 g/mol. The molecule has 1 heterocycles. The summed E-state index contributed by atoms with van der Waals surface area (Å²) in [6.07, 6.45) is 3.40. The Balaban J connectivity index is 1.90. The van der Waals surface area contributed by atoms with Gasteiger partial charge in [0.1, 0.15) is 12.4 Å². The Bertz CT molecular complexity index is 324. The van der Waals surface area contributed by atoms with Crippen molar-refractivity contribution in [2.24, 2.45) is 0 Å². The normalized spacial score (nSPS) is 12.5. The number of hydrogen-bond acceptors (Lipinski definition) is 4. The van der Waals surface area contributed by atoms with Gasteiger partial charge < -0.3 is 19.6 Å². The molecule has 0 aromatic carbocycles. The lowest BCUT2D eigenvalue weighted by Gasteiger charge is -2.12. The molecule has 0 radical (unpaired) electrons. The van der Waals surface area contributed by atoms with E-state index in [9.17, 15) is 4.79 Å². The van der Waals surface area contributed by atoms with Crippen LogP contribution in [0.2, 0.25) is 0 Å². The standard InChI is InChI=1S/C13H21NO4/c1-11(5-6-13(15)16)14-7-3-8-17-10-12-4-2-9-18-12/h2,4,9,11,14H,3,5-8,10H2,1H3,(H,15,16). The van der Waals surface area contributed by atoms with Crippen molar-refractivity contribution in [3.05, 3.63) is 24.2 Å². The summed E-state index contributed by atoms with van der Waals surface area (Å²) in [5.74, 6) is 0.0863. The van der Waals surface area contributed by atoms with Crippen molar-refractivity contribution in [3.8, 4) is 0 Å². The molecular formula is C13H21NO4. The minimum atomic E-state index is -0.745. The molecular weight excluding hydrogens is 234 g/mol. The van der Waals surface area contributed by atoms with E-state index in [0.717, 1.165) is 18.7 Å². The van der Waals surface area contributed by atoms with Gasteiger partial charge in [-0.3, -0.25) is 4.79 Å². The van der Waals surface area contributed by atoms with E-state index in [-0.39, 0.29) is 12.5 Å². The van der Waals surface area contributed by atoms with Crippen molar-refractivity contribution >= 4 is 5.97 Å². The molecule has 102 valence electrons. The highest BCUT2D eigenvalue weighted by Crippen LogP contribution is 2.02. The Morgan fingerprint density at radius 1 is 1.61 bits per heavy atom. The van der Waals surface area contributed by atoms with Crippen LogP contribution in [0.1, 0.15) is 31.9 Å². The van der Waals surface area contributed by atoms with Gasteiger partial charge >= 0.3 is 5.97 Å². The number of ether oxygens (including phenoxy) is 1. The van der Waals surface area contributed by atoms with Crippen LogP contribution in [0.25, 0.3) is 0 Å². The smallest absolute Gasteiger partial charge is 0.303 e. The number of carboxylic acid groups (broad SMARTS) is 1. The summed E-state index contributed by atoms with van der Waals surface area (Å²) in [6, 6.07) is 3.95. The van der Waals surface area contributed by atoms with Crippen molar-refractivity contribution in [1.29, 1.82) is 0 Å². The maximum Gasteiger partial charge on any atom is 0.303 e. The Hall–Kier alpha value is -1.33. The van der Waals surface area contributed by atoms with E-state index >= 15 is 0 Å². The van der Waals surface area contributed by atoms with Gasteiger partial charge in [-0.2, -0.15) is 0 Å². The molecule has 0 amide bonds. The van der Waals surface area contributed by atoms with Crippen molar-refractivity contribution in [1.82, 2.24) is 5.32 Å². The zero-order valence-corrected chi connectivity index (χ0v) is 10.7. The molecule has 1 aromatic rings. The largest absolute Gasteiger partial charge is 0.481 e. The Kier molecular flexibility index (Phi) is 7.13. The van der Waals surface area contributed by atoms with Crippen LogP contribution in [0.15, 0.2) is 22.8 Å². The highest BCUT2D eigenvalue weighted by Gasteiger charge is 2.04. The van der Waals surface area contributed by atoms with Crippen LogP contribution in [-0.4, -0.2) is 30.3 Å². The SMILES string of the molecule is CC(CCC(=O)O)NCCCOCc1ccco1. The summed E-state index contributed by atoms with van der Waals surface area (Å²) in [4.78, 5) is 10.4. The molecule has 5 nitrogen and oxygen atoms in total. The first kappa shape index (κ1) is 14.7. The van der Waals surface area contributed by atoms with Crippen LogP contribution >= 0.6 is 0 Å². The molecule has 0 fully saturated rings. The summed E-state index contributed by atoms with van der Waals surface area (Å²) < 4.78 is 10.6. The Labute approximate surface area is 107 Å². The summed E-state index contributed by atoms with van der Waals surface area (Å²) in [6.45, 7) is 3.99. The second kappa shape index (κ2) is 8.72. The van der Waals surface area contributed by atoms with Crippen LogP contribution in [0, 0.1) is 0 Å². The minimum absolute atomic E-state index is 0.211. The summed E-state index contributed by atoms with van der Waals surface area (Å²) in [7, 11) is 0. The molecule has 1 rings (SSSR count). The van der Waals surface area contributed by atoms with Gasteiger partial charge in [-0.1, -0.05) is 0 Å². The average molecular weight is 255 g/mol. The first-order chi connectivity index (χ1) is 8.68. The van der Waals surface area contributed by atoms with E-state index < -0.39 is 5.97 Å². The number of furan rings is 1. The molecule has 0 aliphatic heterocycles. The average Bonchev–Trinajstić information content (AvgIpc) is 2.84. The lowest BCUT2D eigenvalue weighted by Crippen LogP contribution is -2.28. The molecule has 0 aliphatic rings. The van der Waals surface area contributed by atoms with Crippen LogP contribution in [0.4, 0.5) is 0 Å². The van der Waals surface area contributed by atoms with Crippen molar-refractivity contribution in [2.75, 3.05) is 13.2 Å². The number of rotatable bonds is 10. The third-order valence-electron chi connectivity index (χ3n) is 2.57. The maximum atomic E-state index is 10.4. The number of hydrogen-bond donors (Lipinski definition) is 2. The quantitative estimate of drug-likeness (QED) is 0.626. The topological polar surface area (TPSA) is 71.7 Å². The Morgan fingerprint density at radius 3 is 3.11 bits per heavy atom. The van der Waals surface area contributed by atoms with Crippen LogP contribution in [-0.2, 0) is 16.1 Å². The van der Waals surface area contributed by atoms with Crippen molar-refractivity contribution in [2.45, 2.75) is 38.8 Å². The second-order valence-corrected chi connectivity index (χ2v) is 4.27. The molecule has 5 heteroatoms. The fourth-order valence-electron chi connectivity index (χ4n) is 1.53. The molecule has 1 unspecified atom stereocenters. The number of nitrogens with one attached hydrogen (secondary N) is 1. The van der Waals surface area contributed by atoms with Crippen LogP contribution < -0.4 is 5.32 Å². The maximum absolute atomic E-state index is 10.4. The first-order valence-electron chi connectivity index (χ1n) is 6.24.